The maximum Gasteiger partial charge on any atom is 0.279 e. The van der Waals surface area contributed by atoms with E-state index in [0.29, 0.717) is 12.6 Å². The first-order valence-corrected chi connectivity index (χ1v) is 10.2. The highest BCUT2D eigenvalue weighted by Crippen LogP contribution is 2.19. The van der Waals surface area contributed by atoms with Gasteiger partial charge in [-0.2, -0.15) is 0 Å². The molecular formula is C25H26FN2O+. The Morgan fingerprint density at radius 1 is 0.897 bits per heavy atom. The van der Waals surface area contributed by atoms with E-state index in [0.717, 1.165) is 42.6 Å². The van der Waals surface area contributed by atoms with Gasteiger partial charge in [-0.1, -0.05) is 60.7 Å². The summed E-state index contributed by atoms with van der Waals surface area (Å²) in [5, 5.41) is 3.12. The number of carbonyl (C=O) groups is 1. The van der Waals surface area contributed by atoms with E-state index in [2.05, 4.69) is 23.5 Å². The number of hydrogen-bond donors (Lipinski definition) is 2. The van der Waals surface area contributed by atoms with Gasteiger partial charge >= 0.3 is 0 Å². The summed E-state index contributed by atoms with van der Waals surface area (Å²) >= 11 is 0. The summed E-state index contributed by atoms with van der Waals surface area (Å²) in [5.74, 6) is -0.205. The summed E-state index contributed by atoms with van der Waals surface area (Å²) in [4.78, 5) is 14.1. The summed E-state index contributed by atoms with van der Waals surface area (Å²) < 4.78 is 13.2. The number of amides is 1. The van der Waals surface area contributed by atoms with E-state index in [9.17, 15) is 9.18 Å². The molecule has 3 aromatic carbocycles. The van der Waals surface area contributed by atoms with E-state index >= 15 is 0 Å². The third-order valence-electron chi connectivity index (χ3n) is 5.42. The van der Waals surface area contributed by atoms with Gasteiger partial charge in [0.25, 0.3) is 5.91 Å². The number of quaternary nitrogens is 1. The second kappa shape index (κ2) is 9.01. The molecule has 1 atom stereocenters. The predicted octanol–water partition coefficient (Wildman–Crippen LogP) is 3.60. The van der Waals surface area contributed by atoms with Crippen LogP contribution in [-0.2, 0) is 17.8 Å². The van der Waals surface area contributed by atoms with E-state index < -0.39 is 0 Å². The third-order valence-corrected chi connectivity index (χ3v) is 5.42. The highest BCUT2D eigenvalue weighted by atomic mass is 19.1. The van der Waals surface area contributed by atoms with E-state index in [1.165, 1.54) is 22.6 Å². The number of rotatable bonds is 8. The average Bonchev–Trinajstić information content (AvgIpc) is 3.57. The monoisotopic (exact) mass is 389 g/mol. The SMILES string of the molecule is O=C(C[NH+](Cc1ccc(F)cc1)C1CC1)Nc1ccccc1Cc1ccccc1. The number of para-hydroxylation sites is 1. The second-order valence-corrected chi connectivity index (χ2v) is 7.78. The second-order valence-electron chi connectivity index (χ2n) is 7.78. The standard InChI is InChI=1S/C25H25FN2O/c26-22-12-10-20(11-13-22)17-28(23-14-15-23)18-25(29)27-24-9-5-4-8-21(24)16-19-6-2-1-3-7-19/h1-13,23H,14-18H2,(H,27,29)/p+1. The number of anilines is 1. The molecule has 0 radical (unpaired) electrons. The lowest BCUT2D eigenvalue weighted by atomic mass is 10.0. The lowest BCUT2D eigenvalue weighted by Crippen LogP contribution is -3.13. The van der Waals surface area contributed by atoms with Crippen LogP contribution in [0.5, 0.6) is 0 Å². The van der Waals surface area contributed by atoms with Crippen LogP contribution < -0.4 is 10.2 Å². The normalized spacial score (nSPS) is 14.4. The average molecular weight is 389 g/mol. The highest BCUT2D eigenvalue weighted by Gasteiger charge is 2.34. The Balaban J connectivity index is 1.41. The topological polar surface area (TPSA) is 33.5 Å². The summed E-state index contributed by atoms with van der Waals surface area (Å²) in [5.41, 5.74) is 4.26. The van der Waals surface area contributed by atoms with Crippen LogP contribution in [0.2, 0.25) is 0 Å². The minimum Gasteiger partial charge on any atom is -0.321 e. The van der Waals surface area contributed by atoms with Gasteiger partial charge in [0, 0.05) is 24.1 Å². The zero-order chi connectivity index (χ0) is 20.1. The first-order valence-electron chi connectivity index (χ1n) is 10.2. The predicted molar refractivity (Wildman–Crippen MR) is 113 cm³/mol. The molecule has 3 nitrogen and oxygen atoms in total. The molecule has 1 saturated carbocycles. The molecule has 0 spiro atoms. The van der Waals surface area contributed by atoms with E-state index in [4.69, 9.17) is 0 Å². The molecule has 0 aromatic heterocycles. The van der Waals surface area contributed by atoms with Gasteiger partial charge < -0.3 is 10.2 Å². The molecular weight excluding hydrogens is 363 g/mol. The van der Waals surface area contributed by atoms with Crippen molar-refractivity contribution >= 4 is 11.6 Å². The van der Waals surface area contributed by atoms with Crippen LogP contribution >= 0.6 is 0 Å². The highest BCUT2D eigenvalue weighted by molar-refractivity contribution is 5.92. The van der Waals surface area contributed by atoms with Crippen LogP contribution in [0.3, 0.4) is 0 Å². The van der Waals surface area contributed by atoms with Gasteiger partial charge in [0.2, 0.25) is 0 Å². The molecule has 0 saturated heterocycles. The maximum absolute atomic E-state index is 13.2. The van der Waals surface area contributed by atoms with Gasteiger partial charge in [-0.15, -0.1) is 0 Å². The van der Waals surface area contributed by atoms with Crippen LogP contribution in [0.25, 0.3) is 0 Å². The molecule has 0 heterocycles. The third kappa shape index (κ3) is 5.52. The summed E-state index contributed by atoms with van der Waals surface area (Å²) in [6.07, 6.45) is 3.08. The first-order chi connectivity index (χ1) is 14.2. The fraction of sp³-hybridized carbons (Fsp3) is 0.240. The van der Waals surface area contributed by atoms with Crippen molar-refractivity contribution in [1.29, 1.82) is 0 Å². The molecule has 4 heteroatoms. The number of nitrogens with one attached hydrogen (secondary N) is 2. The Hall–Kier alpha value is -2.98. The van der Waals surface area contributed by atoms with Crippen LogP contribution in [-0.4, -0.2) is 18.5 Å². The molecule has 1 unspecified atom stereocenters. The van der Waals surface area contributed by atoms with Crippen molar-refractivity contribution in [3.8, 4) is 0 Å². The smallest absolute Gasteiger partial charge is 0.279 e. The van der Waals surface area contributed by atoms with Gasteiger partial charge in [-0.3, -0.25) is 4.79 Å². The van der Waals surface area contributed by atoms with Gasteiger partial charge in [0.05, 0.1) is 6.04 Å². The molecule has 0 aliphatic heterocycles. The van der Waals surface area contributed by atoms with Crippen LogP contribution in [0.1, 0.15) is 29.5 Å². The molecule has 1 fully saturated rings. The zero-order valence-corrected chi connectivity index (χ0v) is 16.4. The van der Waals surface area contributed by atoms with Gasteiger partial charge in [-0.25, -0.2) is 4.39 Å². The molecule has 1 amide bonds. The van der Waals surface area contributed by atoms with Crippen molar-refractivity contribution in [2.75, 3.05) is 11.9 Å². The van der Waals surface area contributed by atoms with Crippen molar-refractivity contribution in [3.63, 3.8) is 0 Å². The van der Waals surface area contributed by atoms with Crippen LogP contribution in [0, 0.1) is 5.82 Å². The first kappa shape index (κ1) is 19.3. The Kier molecular flexibility index (Phi) is 6.01. The van der Waals surface area contributed by atoms with Gasteiger partial charge in [0.1, 0.15) is 12.4 Å². The van der Waals surface area contributed by atoms with Crippen molar-refractivity contribution in [2.24, 2.45) is 0 Å². The molecule has 148 valence electrons. The molecule has 2 N–H and O–H groups in total. The Bertz CT molecular complexity index is 952. The van der Waals surface area contributed by atoms with Crippen molar-refractivity contribution < 1.29 is 14.1 Å². The summed E-state index contributed by atoms with van der Waals surface area (Å²) in [6.45, 7) is 1.16. The van der Waals surface area contributed by atoms with Gasteiger partial charge in [-0.05, 0) is 35.7 Å². The molecule has 0 bridgehead atoms. The van der Waals surface area contributed by atoms with Crippen molar-refractivity contribution in [3.05, 3.63) is 101 Å². The maximum atomic E-state index is 13.2. The summed E-state index contributed by atoms with van der Waals surface area (Å²) in [6, 6.07) is 25.4. The van der Waals surface area contributed by atoms with Crippen LogP contribution in [0.4, 0.5) is 10.1 Å². The molecule has 4 rings (SSSR count). The quantitative estimate of drug-likeness (QED) is 0.606. The van der Waals surface area contributed by atoms with Gasteiger partial charge in [0.15, 0.2) is 6.54 Å². The minimum atomic E-state index is -0.227. The molecule has 3 aromatic rings. The van der Waals surface area contributed by atoms with E-state index in [1.807, 2.05) is 48.5 Å². The Labute approximate surface area is 171 Å². The van der Waals surface area contributed by atoms with Crippen molar-refractivity contribution in [2.45, 2.75) is 31.8 Å². The molecule has 1 aliphatic rings. The number of benzene rings is 3. The van der Waals surface area contributed by atoms with Crippen molar-refractivity contribution in [1.82, 2.24) is 0 Å². The van der Waals surface area contributed by atoms with Crippen LogP contribution in [0.15, 0.2) is 78.9 Å². The summed E-state index contributed by atoms with van der Waals surface area (Å²) in [7, 11) is 0. The number of carbonyl (C=O) groups excluding carboxylic acids is 1. The largest absolute Gasteiger partial charge is 0.321 e. The van der Waals surface area contributed by atoms with E-state index in [-0.39, 0.29) is 11.7 Å². The minimum absolute atomic E-state index is 0.0227. The Morgan fingerprint density at radius 3 is 2.31 bits per heavy atom. The number of hydrogen-bond acceptors (Lipinski definition) is 1. The molecule has 29 heavy (non-hydrogen) atoms. The van der Waals surface area contributed by atoms with E-state index in [1.54, 1.807) is 0 Å². The lowest BCUT2D eigenvalue weighted by Gasteiger charge is -2.19. The zero-order valence-electron chi connectivity index (χ0n) is 16.4. The Morgan fingerprint density at radius 2 is 1.59 bits per heavy atom. The lowest BCUT2D eigenvalue weighted by molar-refractivity contribution is -0.916. The number of halogens is 1. The fourth-order valence-corrected chi connectivity index (χ4v) is 3.72. The fourth-order valence-electron chi connectivity index (χ4n) is 3.72. The molecule has 1 aliphatic carbocycles.